The van der Waals surface area contributed by atoms with E-state index in [-0.39, 0.29) is 24.5 Å². The first kappa shape index (κ1) is 17.3. The lowest BCUT2D eigenvalue weighted by molar-refractivity contribution is -0.149. The van der Waals surface area contributed by atoms with Gasteiger partial charge in [0.2, 0.25) is 0 Å². The van der Waals surface area contributed by atoms with Crippen molar-refractivity contribution in [3.8, 4) is 0 Å². The summed E-state index contributed by atoms with van der Waals surface area (Å²) in [5.41, 5.74) is 5.09. The maximum atomic E-state index is 12.2. The number of fused-ring (bicyclic) bond motifs is 5. The summed E-state index contributed by atoms with van der Waals surface area (Å²) in [5.74, 6) is -0.808. The van der Waals surface area contributed by atoms with E-state index in [1.165, 1.54) is 34.8 Å². The topological polar surface area (TPSA) is 65.6 Å². The van der Waals surface area contributed by atoms with E-state index in [0.29, 0.717) is 0 Å². The molecule has 0 spiro atoms. The van der Waals surface area contributed by atoms with Crippen molar-refractivity contribution < 1.29 is 14.6 Å². The van der Waals surface area contributed by atoms with Gasteiger partial charge in [0.25, 0.3) is 0 Å². The molecule has 1 aromatic carbocycles. The zero-order valence-electron chi connectivity index (χ0n) is 15.4. The molecule has 0 bridgehead atoms. The molecule has 0 radical (unpaired) electrons. The van der Waals surface area contributed by atoms with E-state index in [1.54, 1.807) is 0 Å². The molecule has 1 fully saturated rings. The number of para-hydroxylation sites is 1. The van der Waals surface area contributed by atoms with Crippen LogP contribution in [0.2, 0.25) is 0 Å². The molecular formula is C21H26N2O3. The molecular weight excluding hydrogens is 328 g/mol. The largest absolute Gasteiger partial charge is 0.469 e. The summed E-state index contributed by atoms with van der Waals surface area (Å²) in [6.45, 7) is 3.70. The number of aromatic amines is 1. The molecule has 3 atom stereocenters. The highest BCUT2D eigenvalue weighted by Crippen LogP contribution is 2.44. The molecule has 1 aromatic heterocycles. The lowest BCUT2D eigenvalue weighted by Gasteiger charge is -2.45. The number of esters is 1. The van der Waals surface area contributed by atoms with Crippen molar-refractivity contribution in [2.45, 2.75) is 25.8 Å². The van der Waals surface area contributed by atoms with E-state index in [0.717, 1.165) is 25.9 Å². The van der Waals surface area contributed by atoms with E-state index >= 15 is 0 Å². The fourth-order valence-electron chi connectivity index (χ4n) is 4.81. The van der Waals surface area contributed by atoms with Gasteiger partial charge in [-0.3, -0.25) is 9.69 Å². The molecule has 2 aliphatic heterocycles. The van der Waals surface area contributed by atoms with Crippen molar-refractivity contribution in [2.75, 3.05) is 26.8 Å². The van der Waals surface area contributed by atoms with Crippen LogP contribution in [-0.2, 0) is 16.0 Å². The highest BCUT2D eigenvalue weighted by molar-refractivity contribution is 5.85. The first-order chi connectivity index (χ1) is 12.7. The minimum absolute atomic E-state index is 0.0102. The van der Waals surface area contributed by atoms with Crippen LogP contribution in [0.1, 0.15) is 30.6 Å². The summed E-state index contributed by atoms with van der Waals surface area (Å²) >= 11 is 0. The molecule has 2 N–H and O–H groups in total. The molecule has 138 valence electrons. The number of hydrogen-bond acceptors (Lipinski definition) is 4. The number of benzene rings is 1. The molecule has 1 saturated heterocycles. The molecule has 0 unspecified atom stereocenters. The zero-order chi connectivity index (χ0) is 18.3. The molecule has 0 amide bonds. The number of aliphatic hydroxyl groups excluding tert-OH is 1. The number of nitrogens with one attached hydrogen (secondary N) is 1. The minimum Gasteiger partial charge on any atom is -0.469 e. The van der Waals surface area contributed by atoms with Gasteiger partial charge in [-0.2, -0.15) is 0 Å². The van der Waals surface area contributed by atoms with E-state index in [2.05, 4.69) is 40.2 Å². The Kier molecular flexibility index (Phi) is 4.59. The number of hydrogen-bond donors (Lipinski definition) is 2. The Bertz CT molecular complexity index is 854. The Morgan fingerprint density at radius 2 is 2.27 bits per heavy atom. The van der Waals surface area contributed by atoms with Crippen molar-refractivity contribution in [2.24, 2.45) is 11.8 Å². The predicted molar refractivity (Wildman–Crippen MR) is 101 cm³/mol. The molecule has 5 nitrogen and oxygen atoms in total. The van der Waals surface area contributed by atoms with Gasteiger partial charge in [0.1, 0.15) is 0 Å². The fraction of sp³-hybridized carbons (Fsp3) is 0.476. The summed E-state index contributed by atoms with van der Waals surface area (Å²) in [4.78, 5) is 18.3. The van der Waals surface area contributed by atoms with Gasteiger partial charge >= 0.3 is 5.97 Å². The number of piperidine rings is 1. The highest BCUT2D eigenvalue weighted by atomic mass is 16.5. The van der Waals surface area contributed by atoms with Crippen LogP contribution in [-0.4, -0.2) is 47.8 Å². The second-order valence-corrected chi connectivity index (χ2v) is 7.32. The van der Waals surface area contributed by atoms with Crippen molar-refractivity contribution in [3.05, 3.63) is 47.2 Å². The molecule has 2 aromatic rings. The average molecular weight is 354 g/mol. The summed E-state index contributed by atoms with van der Waals surface area (Å²) in [6, 6.07) is 8.70. The van der Waals surface area contributed by atoms with Crippen molar-refractivity contribution >= 4 is 16.9 Å². The van der Waals surface area contributed by atoms with Crippen molar-refractivity contribution in [3.63, 3.8) is 0 Å². The lowest BCUT2D eigenvalue weighted by Crippen LogP contribution is -2.45. The maximum absolute atomic E-state index is 12.2. The molecule has 26 heavy (non-hydrogen) atoms. The molecule has 0 saturated carbocycles. The van der Waals surface area contributed by atoms with E-state index in [9.17, 15) is 9.90 Å². The van der Waals surface area contributed by atoms with Crippen LogP contribution in [0.25, 0.3) is 10.9 Å². The van der Waals surface area contributed by atoms with Gasteiger partial charge in [-0.05, 0) is 37.3 Å². The Hall–Kier alpha value is -2.11. The van der Waals surface area contributed by atoms with E-state index in [1.807, 2.05) is 6.92 Å². The SMILES string of the molecule is C/C=C1\CN2CCc3c([nH]c4ccccc34)[C@H]2C[C@@H]1[C@H](CO)C(=O)OC. The highest BCUT2D eigenvalue weighted by Gasteiger charge is 2.42. The first-order valence-electron chi connectivity index (χ1n) is 9.35. The van der Waals surface area contributed by atoms with Gasteiger partial charge < -0.3 is 14.8 Å². The third kappa shape index (κ3) is 2.66. The van der Waals surface area contributed by atoms with Gasteiger partial charge in [-0.25, -0.2) is 0 Å². The van der Waals surface area contributed by atoms with E-state index in [4.69, 9.17) is 4.74 Å². The van der Waals surface area contributed by atoms with Gasteiger partial charge in [-0.15, -0.1) is 0 Å². The summed E-state index contributed by atoms with van der Waals surface area (Å²) in [6.07, 6.45) is 3.96. The number of carbonyl (C=O) groups excluding carboxylic acids is 1. The standard InChI is InChI=1S/C21H26N2O3/c1-3-13-11-23-9-8-15-14-6-4-5-7-18(14)22-20(15)19(23)10-16(13)17(12-24)21(25)26-2/h3-7,16-17,19,22,24H,8-12H2,1-2H3/b13-3+/t16-,17-,19+/m0/s1. The normalized spacial score (nSPS) is 25.7. The van der Waals surface area contributed by atoms with Crippen LogP contribution in [0.5, 0.6) is 0 Å². The van der Waals surface area contributed by atoms with E-state index < -0.39 is 5.92 Å². The number of rotatable bonds is 3. The van der Waals surface area contributed by atoms with Crippen molar-refractivity contribution in [1.29, 1.82) is 0 Å². The Labute approximate surface area is 153 Å². The number of carbonyl (C=O) groups is 1. The summed E-state index contributed by atoms with van der Waals surface area (Å²) < 4.78 is 4.96. The second-order valence-electron chi connectivity index (χ2n) is 7.32. The van der Waals surface area contributed by atoms with Crippen LogP contribution < -0.4 is 0 Å². The molecule has 4 rings (SSSR count). The summed E-state index contributed by atoms with van der Waals surface area (Å²) in [7, 11) is 1.39. The number of aliphatic hydroxyl groups is 1. The Balaban J connectivity index is 1.73. The Morgan fingerprint density at radius 1 is 1.46 bits per heavy atom. The van der Waals surface area contributed by atoms with Crippen molar-refractivity contribution in [1.82, 2.24) is 9.88 Å². The quantitative estimate of drug-likeness (QED) is 0.657. The van der Waals surface area contributed by atoms with Crippen LogP contribution in [0.3, 0.4) is 0 Å². The first-order valence-corrected chi connectivity index (χ1v) is 9.35. The monoisotopic (exact) mass is 354 g/mol. The third-order valence-corrected chi connectivity index (χ3v) is 6.17. The fourth-order valence-corrected chi connectivity index (χ4v) is 4.81. The lowest BCUT2D eigenvalue weighted by atomic mass is 9.75. The summed E-state index contributed by atoms with van der Waals surface area (Å²) in [5, 5.41) is 11.2. The molecule has 5 heteroatoms. The number of H-pyrrole nitrogens is 1. The number of ether oxygens (including phenoxy) is 1. The maximum Gasteiger partial charge on any atom is 0.311 e. The van der Waals surface area contributed by atoms with Gasteiger partial charge in [0, 0.05) is 29.7 Å². The van der Waals surface area contributed by atoms with Crippen LogP contribution in [0.4, 0.5) is 0 Å². The Morgan fingerprint density at radius 3 is 3.00 bits per heavy atom. The van der Waals surface area contributed by atoms with Gasteiger partial charge in [0.05, 0.1) is 25.7 Å². The number of allylic oxidation sites excluding steroid dienone is 1. The van der Waals surface area contributed by atoms with Crippen LogP contribution in [0, 0.1) is 11.8 Å². The smallest absolute Gasteiger partial charge is 0.311 e. The molecule has 2 aliphatic rings. The second kappa shape index (κ2) is 6.89. The minimum atomic E-state index is -0.497. The van der Waals surface area contributed by atoms with Gasteiger partial charge in [-0.1, -0.05) is 29.8 Å². The van der Waals surface area contributed by atoms with Crippen LogP contribution >= 0.6 is 0 Å². The van der Waals surface area contributed by atoms with Crippen LogP contribution in [0.15, 0.2) is 35.9 Å². The zero-order valence-corrected chi connectivity index (χ0v) is 15.4. The number of nitrogens with zero attached hydrogens (tertiary/aromatic N) is 1. The number of aromatic nitrogens is 1. The number of methoxy groups -OCH3 is 1. The predicted octanol–water partition coefficient (Wildman–Crippen LogP) is 2.81. The third-order valence-electron chi connectivity index (χ3n) is 6.17. The molecule has 3 heterocycles. The van der Waals surface area contributed by atoms with Gasteiger partial charge in [0.15, 0.2) is 0 Å². The average Bonchev–Trinajstić information content (AvgIpc) is 3.07. The molecule has 0 aliphatic carbocycles.